The van der Waals surface area contributed by atoms with Crippen LogP contribution in [0.1, 0.15) is 5.56 Å². The van der Waals surface area contributed by atoms with E-state index in [0.29, 0.717) is 21.4 Å². The second kappa shape index (κ2) is 7.42. The smallest absolute Gasteiger partial charge is 0.323 e. The molecular formula is C15H12Br2N2O3. The van der Waals surface area contributed by atoms with Crippen LogP contribution in [0.5, 0.6) is 0 Å². The Labute approximate surface area is 144 Å². The molecule has 22 heavy (non-hydrogen) atoms. The summed E-state index contributed by atoms with van der Waals surface area (Å²) < 4.78 is 1.40. The predicted octanol–water partition coefficient (Wildman–Crippen LogP) is 4.48. The average Bonchev–Trinajstić information content (AvgIpc) is 2.44. The fourth-order valence-corrected chi connectivity index (χ4v) is 2.69. The summed E-state index contributed by atoms with van der Waals surface area (Å²) in [6, 6.07) is 11.9. The van der Waals surface area contributed by atoms with Crippen molar-refractivity contribution in [3.8, 4) is 0 Å². The molecule has 2 aromatic rings. The number of hydrogen-bond donors (Lipinski definition) is 3. The van der Waals surface area contributed by atoms with E-state index in [9.17, 15) is 9.59 Å². The molecule has 0 saturated carbocycles. The number of carboxylic acids is 1. The fourth-order valence-electron chi connectivity index (χ4n) is 1.78. The van der Waals surface area contributed by atoms with E-state index in [1.54, 1.807) is 24.3 Å². The summed E-state index contributed by atoms with van der Waals surface area (Å²) in [6.07, 6.45) is -0.0674. The van der Waals surface area contributed by atoms with Crippen LogP contribution in [0.4, 0.5) is 16.2 Å². The standard InChI is InChI=1S/C15H12Br2N2O3/c16-10-3-1-2-4-12(10)18-15(22)19-13-6-5-9(7-11(13)17)8-14(20)21/h1-7H,8H2,(H,20,21)(H2,18,19,22). The molecule has 2 amide bonds. The molecule has 0 saturated heterocycles. The summed E-state index contributed by atoms with van der Waals surface area (Å²) in [5.74, 6) is -0.903. The van der Waals surface area contributed by atoms with E-state index in [0.717, 1.165) is 4.47 Å². The zero-order valence-corrected chi connectivity index (χ0v) is 14.4. The molecule has 0 aromatic heterocycles. The van der Waals surface area contributed by atoms with Gasteiger partial charge in [-0.1, -0.05) is 18.2 Å². The van der Waals surface area contributed by atoms with Crippen LogP contribution in [-0.2, 0) is 11.2 Å². The molecule has 114 valence electrons. The molecule has 0 bridgehead atoms. The summed E-state index contributed by atoms with van der Waals surface area (Å²) in [7, 11) is 0. The molecule has 0 heterocycles. The van der Waals surface area contributed by atoms with Crippen LogP contribution < -0.4 is 10.6 Å². The van der Waals surface area contributed by atoms with Crippen LogP contribution in [0.2, 0.25) is 0 Å². The van der Waals surface area contributed by atoms with Crippen LogP contribution in [-0.4, -0.2) is 17.1 Å². The molecule has 7 heteroatoms. The van der Waals surface area contributed by atoms with E-state index >= 15 is 0 Å². The number of urea groups is 1. The number of hydrogen-bond acceptors (Lipinski definition) is 2. The lowest BCUT2D eigenvalue weighted by Gasteiger charge is -2.11. The number of halogens is 2. The number of anilines is 2. The van der Waals surface area contributed by atoms with Gasteiger partial charge < -0.3 is 15.7 Å². The SMILES string of the molecule is O=C(O)Cc1ccc(NC(=O)Nc2ccccc2Br)c(Br)c1. The Morgan fingerprint density at radius 1 is 0.955 bits per heavy atom. The number of aliphatic carboxylic acids is 1. The van der Waals surface area contributed by atoms with Gasteiger partial charge in [-0.2, -0.15) is 0 Å². The van der Waals surface area contributed by atoms with E-state index in [4.69, 9.17) is 5.11 Å². The van der Waals surface area contributed by atoms with Gasteiger partial charge in [0.25, 0.3) is 0 Å². The zero-order valence-electron chi connectivity index (χ0n) is 11.3. The first-order valence-electron chi connectivity index (χ1n) is 6.28. The van der Waals surface area contributed by atoms with Crippen molar-refractivity contribution in [1.29, 1.82) is 0 Å². The lowest BCUT2D eigenvalue weighted by atomic mass is 10.1. The van der Waals surface area contributed by atoms with Crippen molar-refractivity contribution >= 4 is 55.2 Å². The van der Waals surface area contributed by atoms with Crippen molar-refractivity contribution in [2.45, 2.75) is 6.42 Å². The van der Waals surface area contributed by atoms with Crippen LogP contribution in [0.25, 0.3) is 0 Å². The molecule has 2 aromatic carbocycles. The van der Waals surface area contributed by atoms with Crippen molar-refractivity contribution in [2.75, 3.05) is 10.6 Å². The van der Waals surface area contributed by atoms with Gasteiger partial charge in [0.15, 0.2) is 0 Å². The molecule has 0 fully saturated rings. The second-order valence-electron chi connectivity index (χ2n) is 4.44. The first-order valence-corrected chi connectivity index (χ1v) is 7.87. The molecule has 3 N–H and O–H groups in total. The summed E-state index contributed by atoms with van der Waals surface area (Å²) in [6.45, 7) is 0. The zero-order chi connectivity index (χ0) is 16.1. The van der Waals surface area contributed by atoms with Gasteiger partial charge in [-0.05, 0) is 61.7 Å². The second-order valence-corrected chi connectivity index (χ2v) is 6.15. The van der Waals surface area contributed by atoms with Gasteiger partial charge in [-0.3, -0.25) is 4.79 Å². The third-order valence-electron chi connectivity index (χ3n) is 2.76. The number of carbonyl (C=O) groups is 2. The molecule has 0 aliphatic heterocycles. The maximum absolute atomic E-state index is 12.0. The molecule has 0 aliphatic carbocycles. The minimum atomic E-state index is -0.903. The highest BCUT2D eigenvalue weighted by atomic mass is 79.9. The lowest BCUT2D eigenvalue weighted by molar-refractivity contribution is -0.136. The summed E-state index contributed by atoms with van der Waals surface area (Å²) in [5.41, 5.74) is 1.86. The van der Waals surface area contributed by atoms with Gasteiger partial charge in [0.1, 0.15) is 0 Å². The Bertz CT molecular complexity index is 720. The van der Waals surface area contributed by atoms with Crippen molar-refractivity contribution in [2.24, 2.45) is 0 Å². The summed E-state index contributed by atoms with van der Waals surface area (Å²) in [4.78, 5) is 22.7. The van der Waals surface area contributed by atoms with Crippen molar-refractivity contribution in [3.63, 3.8) is 0 Å². The number of nitrogens with one attached hydrogen (secondary N) is 2. The van der Waals surface area contributed by atoms with Crippen LogP contribution >= 0.6 is 31.9 Å². The van der Waals surface area contributed by atoms with E-state index in [2.05, 4.69) is 42.5 Å². The maximum Gasteiger partial charge on any atom is 0.323 e. The van der Waals surface area contributed by atoms with Crippen LogP contribution in [0.15, 0.2) is 51.4 Å². The van der Waals surface area contributed by atoms with Crippen LogP contribution in [0, 0.1) is 0 Å². The Morgan fingerprint density at radius 2 is 1.59 bits per heavy atom. The first-order chi connectivity index (χ1) is 10.5. The summed E-state index contributed by atoms with van der Waals surface area (Å²) in [5, 5.41) is 14.2. The van der Waals surface area contributed by atoms with Gasteiger partial charge in [-0.15, -0.1) is 0 Å². The lowest BCUT2D eigenvalue weighted by Crippen LogP contribution is -2.20. The highest BCUT2D eigenvalue weighted by molar-refractivity contribution is 9.11. The molecule has 0 atom stereocenters. The Hall–Kier alpha value is -1.86. The van der Waals surface area contributed by atoms with Gasteiger partial charge in [0, 0.05) is 8.95 Å². The van der Waals surface area contributed by atoms with Gasteiger partial charge in [-0.25, -0.2) is 4.79 Å². The topological polar surface area (TPSA) is 78.4 Å². The normalized spacial score (nSPS) is 10.1. The van der Waals surface area contributed by atoms with Crippen molar-refractivity contribution < 1.29 is 14.7 Å². The minimum absolute atomic E-state index is 0.0674. The van der Waals surface area contributed by atoms with Gasteiger partial charge in [0.05, 0.1) is 17.8 Å². The number of para-hydroxylation sites is 1. The number of amides is 2. The van der Waals surface area contributed by atoms with Gasteiger partial charge >= 0.3 is 12.0 Å². The average molecular weight is 428 g/mol. The maximum atomic E-state index is 12.0. The molecule has 0 radical (unpaired) electrons. The number of benzene rings is 2. The van der Waals surface area contributed by atoms with Crippen molar-refractivity contribution in [3.05, 3.63) is 57.0 Å². The quantitative estimate of drug-likeness (QED) is 0.672. The molecule has 5 nitrogen and oxygen atoms in total. The first kappa shape index (κ1) is 16.5. The molecule has 2 rings (SSSR count). The third-order valence-corrected chi connectivity index (χ3v) is 4.11. The summed E-state index contributed by atoms with van der Waals surface area (Å²) >= 11 is 6.67. The fraction of sp³-hybridized carbons (Fsp3) is 0.0667. The molecule has 0 aliphatic rings. The predicted molar refractivity (Wildman–Crippen MR) is 92.3 cm³/mol. The van der Waals surface area contributed by atoms with E-state index in [1.165, 1.54) is 0 Å². The van der Waals surface area contributed by atoms with E-state index in [1.807, 2.05) is 18.2 Å². The number of carbonyl (C=O) groups excluding carboxylic acids is 1. The largest absolute Gasteiger partial charge is 0.481 e. The third kappa shape index (κ3) is 4.57. The van der Waals surface area contributed by atoms with Crippen molar-refractivity contribution in [1.82, 2.24) is 0 Å². The molecule has 0 unspecified atom stereocenters. The molecular weight excluding hydrogens is 416 g/mol. The number of carboxylic acid groups (broad SMARTS) is 1. The highest BCUT2D eigenvalue weighted by Gasteiger charge is 2.09. The molecule has 0 spiro atoms. The Balaban J connectivity index is 2.05. The van der Waals surface area contributed by atoms with E-state index < -0.39 is 12.0 Å². The Kier molecular flexibility index (Phi) is 5.57. The van der Waals surface area contributed by atoms with Crippen LogP contribution in [0.3, 0.4) is 0 Å². The minimum Gasteiger partial charge on any atom is -0.481 e. The number of rotatable bonds is 4. The highest BCUT2D eigenvalue weighted by Crippen LogP contribution is 2.25. The Morgan fingerprint density at radius 3 is 2.18 bits per heavy atom. The van der Waals surface area contributed by atoms with E-state index in [-0.39, 0.29) is 6.42 Å². The van der Waals surface area contributed by atoms with Gasteiger partial charge in [0.2, 0.25) is 0 Å². The monoisotopic (exact) mass is 426 g/mol.